The van der Waals surface area contributed by atoms with Gasteiger partial charge >= 0.3 is 0 Å². The number of aryl methyl sites for hydroxylation is 1. The molecule has 2 saturated heterocycles. The van der Waals surface area contributed by atoms with E-state index in [0.29, 0.717) is 18.5 Å². The quantitative estimate of drug-likeness (QED) is 0.852. The number of hydrogen-bond acceptors (Lipinski definition) is 2. The van der Waals surface area contributed by atoms with Gasteiger partial charge in [0, 0.05) is 19.1 Å². The average molecular weight is 300 g/mol. The zero-order chi connectivity index (χ0) is 15.4. The van der Waals surface area contributed by atoms with E-state index in [1.807, 2.05) is 0 Å². The SMILES string of the molecule is Cc1cccc(C2CCCN2CC(=O)N2CCCCCC2)c1. The Labute approximate surface area is 134 Å². The first-order valence-corrected chi connectivity index (χ1v) is 8.82. The van der Waals surface area contributed by atoms with Gasteiger partial charge in [-0.2, -0.15) is 0 Å². The second-order valence-electron chi connectivity index (χ2n) is 6.84. The van der Waals surface area contributed by atoms with Crippen molar-refractivity contribution in [2.24, 2.45) is 0 Å². The Morgan fingerprint density at radius 1 is 1.09 bits per heavy atom. The number of rotatable bonds is 3. The molecule has 1 unspecified atom stereocenters. The van der Waals surface area contributed by atoms with Crippen LogP contribution in [0.4, 0.5) is 0 Å². The van der Waals surface area contributed by atoms with E-state index in [2.05, 4.69) is 41.0 Å². The van der Waals surface area contributed by atoms with Gasteiger partial charge < -0.3 is 4.90 Å². The molecule has 120 valence electrons. The lowest BCUT2D eigenvalue weighted by atomic mass is 10.0. The van der Waals surface area contributed by atoms with Gasteiger partial charge in [-0.1, -0.05) is 42.7 Å². The maximum Gasteiger partial charge on any atom is 0.236 e. The number of amides is 1. The Morgan fingerprint density at radius 3 is 2.59 bits per heavy atom. The highest BCUT2D eigenvalue weighted by Gasteiger charge is 2.29. The molecule has 22 heavy (non-hydrogen) atoms. The third-order valence-corrected chi connectivity index (χ3v) is 5.09. The molecule has 3 rings (SSSR count). The fourth-order valence-corrected chi connectivity index (χ4v) is 3.86. The van der Waals surface area contributed by atoms with Crippen molar-refractivity contribution < 1.29 is 4.79 Å². The molecule has 1 aromatic rings. The smallest absolute Gasteiger partial charge is 0.236 e. The van der Waals surface area contributed by atoms with Crippen LogP contribution < -0.4 is 0 Å². The van der Waals surface area contributed by atoms with Gasteiger partial charge in [-0.25, -0.2) is 0 Å². The molecule has 3 nitrogen and oxygen atoms in total. The molecular weight excluding hydrogens is 272 g/mol. The fourth-order valence-electron chi connectivity index (χ4n) is 3.86. The average Bonchev–Trinajstić information content (AvgIpc) is 2.80. The highest BCUT2D eigenvalue weighted by atomic mass is 16.2. The summed E-state index contributed by atoms with van der Waals surface area (Å²) in [6, 6.07) is 9.20. The van der Waals surface area contributed by atoms with Crippen molar-refractivity contribution >= 4 is 5.91 Å². The lowest BCUT2D eigenvalue weighted by Crippen LogP contribution is -2.40. The highest BCUT2D eigenvalue weighted by Crippen LogP contribution is 2.32. The van der Waals surface area contributed by atoms with E-state index < -0.39 is 0 Å². The molecule has 0 bridgehead atoms. The molecule has 2 fully saturated rings. The van der Waals surface area contributed by atoms with Gasteiger partial charge in [0.05, 0.1) is 6.54 Å². The standard InChI is InChI=1S/C19H28N2O/c1-16-8-6-9-17(14-16)18-10-7-13-21(18)15-19(22)20-11-4-2-3-5-12-20/h6,8-9,14,18H,2-5,7,10-13,15H2,1H3. The van der Waals surface area contributed by atoms with E-state index >= 15 is 0 Å². The Balaban J connectivity index is 1.64. The van der Waals surface area contributed by atoms with Gasteiger partial charge in [-0.05, 0) is 44.7 Å². The third-order valence-electron chi connectivity index (χ3n) is 5.09. The number of carbonyl (C=O) groups is 1. The van der Waals surface area contributed by atoms with Crippen LogP contribution in [-0.4, -0.2) is 41.9 Å². The molecule has 1 atom stereocenters. The van der Waals surface area contributed by atoms with E-state index in [-0.39, 0.29) is 0 Å². The van der Waals surface area contributed by atoms with Crippen LogP contribution in [0, 0.1) is 6.92 Å². The van der Waals surface area contributed by atoms with E-state index in [0.717, 1.165) is 19.6 Å². The van der Waals surface area contributed by atoms with Crippen molar-refractivity contribution in [3.8, 4) is 0 Å². The van der Waals surface area contributed by atoms with Crippen molar-refractivity contribution in [3.63, 3.8) is 0 Å². The lowest BCUT2D eigenvalue weighted by Gasteiger charge is -2.28. The predicted molar refractivity (Wildman–Crippen MR) is 89.8 cm³/mol. The number of nitrogens with zero attached hydrogens (tertiary/aromatic N) is 2. The first kappa shape index (κ1) is 15.5. The number of hydrogen-bond donors (Lipinski definition) is 0. The zero-order valence-corrected chi connectivity index (χ0v) is 13.8. The maximum absolute atomic E-state index is 12.6. The first-order chi connectivity index (χ1) is 10.7. The van der Waals surface area contributed by atoms with Crippen LogP contribution in [0.15, 0.2) is 24.3 Å². The highest BCUT2D eigenvalue weighted by molar-refractivity contribution is 5.78. The minimum Gasteiger partial charge on any atom is -0.342 e. The van der Waals surface area contributed by atoms with Crippen LogP contribution in [0.25, 0.3) is 0 Å². The van der Waals surface area contributed by atoms with Gasteiger partial charge in [-0.15, -0.1) is 0 Å². The van der Waals surface area contributed by atoms with E-state index in [9.17, 15) is 4.79 Å². The molecule has 0 radical (unpaired) electrons. The Kier molecular flexibility index (Phi) is 5.14. The second kappa shape index (κ2) is 7.28. The van der Waals surface area contributed by atoms with Gasteiger partial charge in [0.1, 0.15) is 0 Å². The van der Waals surface area contributed by atoms with Crippen molar-refractivity contribution in [2.45, 2.75) is 51.5 Å². The maximum atomic E-state index is 12.6. The number of carbonyl (C=O) groups excluding carboxylic acids is 1. The number of likely N-dealkylation sites (tertiary alicyclic amines) is 2. The largest absolute Gasteiger partial charge is 0.342 e. The van der Waals surface area contributed by atoms with Crippen molar-refractivity contribution in [2.75, 3.05) is 26.2 Å². The van der Waals surface area contributed by atoms with Gasteiger partial charge in [0.15, 0.2) is 0 Å². The summed E-state index contributed by atoms with van der Waals surface area (Å²) >= 11 is 0. The minimum absolute atomic E-state index is 0.335. The summed E-state index contributed by atoms with van der Waals surface area (Å²) in [5.41, 5.74) is 2.68. The van der Waals surface area contributed by atoms with Crippen LogP contribution >= 0.6 is 0 Å². The van der Waals surface area contributed by atoms with Crippen LogP contribution in [-0.2, 0) is 4.79 Å². The zero-order valence-electron chi connectivity index (χ0n) is 13.8. The summed E-state index contributed by atoms with van der Waals surface area (Å²) in [5, 5.41) is 0. The summed E-state index contributed by atoms with van der Waals surface area (Å²) in [5.74, 6) is 0.335. The van der Waals surface area contributed by atoms with Crippen LogP contribution in [0.2, 0.25) is 0 Å². The molecule has 2 aliphatic rings. The van der Waals surface area contributed by atoms with Gasteiger partial charge in [0.25, 0.3) is 0 Å². The summed E-state index contributed by atoms with van der Waals surface area (Å²) in [4.78, 5) is 17.1. The van der Waals surface area contributed by atoms with Crippen LogP contribution in [0.3, 0.4) is 0 Å². The Morgan fingerprint density at radius 2 is 1.86 bits per heavy atom. The van der Waals surface area contributed by atoms with Crippen molar-refractivity contribution in [1.29, 1.82) is 0 Å². The van der Waals surface area contributed by atoms with E-state index in [1.54, 1.807) is 0 Å². The summed E-state index contributed by atoms with van der Waals surface area (Å²) in [6.45, 7) is 5.71. The Bertz CT molecular complexity index is 506. The second-order valence-corrected chi connectivity index (χ2v) is 6.84. The molecule has 0 saturated carbocycles. The molecule has 1 aromatic carbocycles. The minimum atomic E-state index is 0.335. The van der Waals surface area contributed by atoms with Crippen LogP contribution in [0.5, 0.6) is 0 Å². The summed E-state index contributed by atoms with van der Waals surface area (Å²) in [6.07, 6.45) is 7.28. The summed E-state index contributed by atoms with van der Waals surface area (Å²) in [7, 11) is 0. The fraction of sp³-hybridized carbons (Fsp3) is 0.632. The monoisotopic (exact) mass is 300 g/mol. The molecule has 0 aliphatic carbocycles. The third kappa shape index (κ3) is 3.70. The van der Waals surface area contributed by atoms with Crippen LogP contribution in [0.1, 0.15) is 55.7 Å². The van der Waals surface area contributed by atoms with Crippen molar-refractivity contribution in [3.05, 3.63) is 35.4 Å². The molecule has 1 amide bonds. The molecule has 2 heterocycles. The van der Waals surface area contributed by atoms with Crippen molar-refractivity contribution in [1.82, 2.24) is 9.80 Å². The molecule has 3 heteroatoms. The van der Waals surface area contributed by atoms with Gasteiger partial charge in [-0.3, -0.25) is 9.69 Å². The Hall–Kier alpha value is -1.35. The molecule has 2 aliphatic heterocycles. The normalized spacial score (nSPS) is 23.5. The molecule has 0 spiro atoms. The summed E-state index contributed by atoms with van der Waals surface area (Å²) < 4.78 is 0. The first-order valence-electron chi connectivity index (χ1n) is 8.82. The molecule has 0 aromatic heterocycles. The van der Waals surface area contributed by atoms with E-state index in [4.69, 9.17) is 0 Å². The lowest BCUT2D eigenvalue weighted by molar-refractivity contribution is -0.132. The molecule has 0 N–H and O–H groups in total. The molecular formula is C19H28N2O. The predicted octanol–water partition coefficient (Wildman–Crippen LogP) is 3.53. The topological polar surface area (TPSA) is 23.6 Å². The number of benzene rings is 1. The van der Waals surface area contributed by atoms with E-state index in [1.165, 1.54) is 49.7 Å². The van der Waals surface area contributed by atoms with Gasteiger partial charge in [0.2, 0.25) is 5.91 Å².